The zero-order chi connectivity index (χ0) is 31.2. The molecule has 0 aliphatic carbocycles. The lowest BCUT2D eigenvalue weighted by Gasteiger charge is -2.27. The Balaban J connectivity index is 1.79. The molecule has 0 aliphatic heterocycles. The van der Waals surface area contributed by atoms with Crippen molar-refractivity contribution in [2.45, 2.75) is 0 Å². The molecule has 1 heterocycles. The van der Waals surface area contributed by atoms with Gasteiger partial charge in [0, 0.05) is 27.5 Å². The van der Waals surface area contributed by atoms with E-state index in [1.54, 1.807) is 12.1 Å². The molecule has 0 fully saturated rings. The Labute approximate surface area is 211 Å². The third kappa shape index (κ3) is 2.82. The van der Waals surface area contributed by atoms with Crippen molar-refractivity contribution in [3.05, 3.63) is 127 Å². The average molecular weight is 446 g/mol. The van der Waals surface area contributed by atoms with Crippen LogP contribution in [0.2, 0.25) is 0 Å². The molecule has 0 N–H and O–H groups in total. The van der Waals surface area contributed by atoms with Crippen molar-refractivity contribution in [1.29, 1.82) is 0 Å². The summed E-state index contributed by atoms with van der Waals surface area (Å²) in [6.07, 6.45) is 0. The molecule has 0 aliphatic rings. The van der Waals surface area contributed by atoms with Crippen LogP contribution in [0.4, 0.5) is 17.1 Å². The summed E-state index contributed by atoms with van der Waals surface area (Å²) >= 11 is 0. The van der Waals surface area contributed by atoms with Crippen molar-refractivity contribution in [2.24, 2.45) is 0 Å². The van der Waals surface area contributed by atoms with E-state index in [0.29, 0.717) is 16.4 Å². The second-order valence-electron chi connectivity index (χ2n) is 7.86. The number of fused-ring (bicyclic) bond motifs is 6. The number of anilines is 3. The lowest BCUT2D eigenvalue weighted by atomic mass is 9.97. The van der Waals surface area contributed by atoms with E-state index in [0.717, 1.165) is 21.5 Å². The van der Waals surface area contributed by atoms with Crippen LogP contribution in [0.1, 0.15) is 13.7 Å². The Kier molecular flexibility index (Phi) is 2.54. The molecular formula is C32H21NO. The lowest BCUT2D eigenvalue weighted by molar-refractivity contribution is 0.669. The van der Waals surface area contributed by atoms with Gasteiger partial charge in [-0.3, -0.25) is 0 Å². The third-order valence-corrected chi connectivity index (χ3v) is 6.01. The van der Waals surface area contributed by atoms with Crippen molar-refractivity contribution in [1.82, 2.24) is 0 Å². The van der Waals surface area contributed by atoms with Crippen molar-refractivity contribution >= 4 is 60.5 Å². The monoisotopic (exact) mass is 445 g/mol. The second-order valence-corrected chi connectivity index (χ2v) is 7.86. The first-order valence-corrected chi connectivity index (χ1v) is 10.7. The van der Waals surface area contributed by atoms with E-state index in [-0.39, 0.29) is 22.6 Å². The number of hydrogen-bond donors (Lipinski definition) is 0. The normalized spacial score (nSPS) is 15.6. The predicted molar refractivity (Wildman–Crippen MR) is 143 cm³/mol. The van der Waals surface area contributed by atoms with Crippen LogP contribution in [0.25, 0.3) is 43.5 Å². The molecule has 6 aromatic carbocycles. The number of nitrogens with zero attached hydrogens (tertiary/aromatic N) is 1. The first-order chi connectivity index (χ1) is 21.0. The number of rotatable bonds is 3. The molecule has 0 bridgehead atoms. The van der Waals surface area contributed by atoms with Crippen LogP contribution in [-0.4, -0.2) is 0 Å². The summed E-state index contributed by atoms with van der Waals surface area (Å²) < 4.78 is 92.2. The van der Waals surface area contributed by atoms with Crippen LogP contribution in [0, 0.1) is 0 Å². The van der Waals surface area contributed by atoms with Crippen LogP contribution < -0.4 is 4.90 Å². The smallest absolute Gasteiger partial charge is 0.160 e. The van der Waals surface area contributed by atoms with E-state index in [4.69, 9.17) is 18.1 Å². The van der Waals surface area contributed by atoms with E-state index < -0.39 is 60.4 Å². The molecule has 0 amide bonds. The quantitative estimate of drug-likeness (QED) is 0.252. The topological polar surface area (TPSA) is 16.4 Å². The molecule has 2 nitrogen and oxygen atoms in total. The molecule has 0 spiro atoms. The van der Waals surface area contributed by atoms with Crippen LogP contribution in [0.5, 0.6) is 0 Å². The molecule has 34 heavy (non-hydrogen) atoms. The van der Waals surface area contributed by atoms with Gasteiger partial charge in [-0.2, -0.15) is 0 Å². The summed E-state index contributed by atoms with van der Waals surface area (Å²) in [4.78, 5) is 1.18. The maximum Gasteiger partial charge on any atom is 0.160 e. The maximum absolute atomic E-state index is 8.91. The minimum Gasteiger partial charge on any atom is -0.454 e. The highest BCUT2D eigenvalue weighted by molar-refractivity contribution is 6.24. The first kappa shape index (κ1) is 11.5. The van der Waals surface area contributed by atoms with E-state index in [1.807, 2.05) is 54.6 Å². The highest BCUT2D eigenvalue weighted by Gasteiger charge is 2.23. The zero-order valence-corrected chi connectivity index (χ0v) is 17.7. The summed E-state index contributed by atoms with van der Waals surface area (Å²) in [5.74, 6) is 0. The SMILES string of the molecule is [2H]c1c([2H])c([2H])c(N(c2c([2H])c([2H])c([2H])c([2H])c2[2H])c2c3ccc4ccccc4c3cc3c2oc2ccccc23)c([2H])c1[2H]. The van der Waals surface area contributed by atoms with Crippen molar-refractivity contribution in [3.63, 3.8) is 0 Å². The lowest BCUT2D eigenvalue weighted by Crippen LogP contribution is -2.10. The fraction of sp³-hybridized carbons (Fsp3) is 0. The summed E-state index contributed by atoms with van der Waals surface area (Å²) in [5.41, 5.74) is 0.198. The average Bonchev–Trinajstić information content (AvgIpc) is 3.41. The van der Waals surface area contributed by atoms with Gasteiger partial charge in [0.05, 0.1) is 19.4 Å². The summed E-state index contributed by atoms with van der Waals surface area (Å²) in [7, 11) is 0. The van der Waals surface area contributed by atoms with Gasteiger partial charge in [-0.15, -0.1) is 0 Å². The minimum atomic E-state index is -0.634. The van der Waals surface area contributed by atoms with Crippen molar-refractivity contribution in [2.75, 3.05) is 4.90 Å². The molecule has 0 atom stereocenters. The summed E-state index contributed by atoms with van der Waals surface area (Å²) in [6.45, 7) is 0. The highest BCUT2D eigenvalue weighted by Crippen LogP contribution is 2.47. The Morgan fingerprint density at radius 2 is 1.21 bits per heavy atom. The van der Waals surface area contributed by atoms with Crippen LogP contribution in [0.15, 0.2) is 132 Å². The molecule has 0 unspecified atom stereocenters. The fourth-order valence-electron chi connectivity index (χ4n) is 4.58. The Bertz CT molecular complexity index is 2240. The number of hydrogen-bond acceptors (Lipinski definition) is 2. The Morgan fingerprint density at radius 3 is 1.94 bits per heavy atom. The van der Waals surface area contributed by atoms with Crippen LogP contribution >= 0.6 is 0 Å². The fourth-order valence-corrected chi connectivity index (χ4v) is 4.58. The van der Waals surface area contributed by atoms with Gasteiger partial charge in [0.15, 0.2) is 5.58 Å². The first-order valence-electron chi connectivity index (χ1n) is 15.7. The molecule has 0 saturated carbocycles. The molecule has 2 heteroatoms. The van der Waals surface area contributed by atoms with Gasteiger partial charge in [0.25, 0.3) is 0 Å². The molecular weight excluding hydrogens is 414 g/mol. The Morgan fingerprint density at radius 1 is 0.559 bits per heavy atom. The van der Waals surface area contributed by atoms with Gasteiger partial charge >= 0.3 is 0 Å². The van der Waals surface area contributed by atoms with Crippen molar-refractivity contribution in [3.8, 4) is 0 Å². The minimum absolute atomic E-state index is 0.177. The van der Waals surface area contributed by atoms with E-state index in [2.05, 4.69) is 0 Å². The van der Waals surface area contributed by atoms with E-state index >= 15 is 0 Å². The Hall–Kier alpha value is -4.56. The molecule has 0 saturated heterocycles. The summed E-state index contributed by atoms with van der Waals surface area (Å²) in [5, 5.41) is 4.44. The predicted octanol–water partition coefficient (Wildman–Crippen LogP) is 9.36. The van der Waals surface area contributed by atoms with Crippen LogP contribution in [-0.2, 0) is 0 Å². The molecule has 7 aromatic rings. The summed E-state index contributed by atoms with van der Waals surface area (Å²) in [6, 6.07) is 14.4. The van der Waals surface area contributed by atoms with Gasteiger partial charge < -0.3 is 9.32 Å². The zero-order valence-electron chi connectivity index (χ0n) is 27.7. The molecule has 160 valence electrons. The van der Waals surface area contributed by atoms with Gasteiger partial charge in [-0.25, -0.2) is 0 Å². The van der Waals surface area contributed by atoms with Crippen molar-refractivity contribution < 1.29 is 18.1 Å². The standard InChI is InChI=1S/C32H21NO/c1-3-12-23(13-4-1)33(24-14-5-2-6-15-24)31-27-20-19-22-11-7-8-16-25(22)28(27)21-29-26-17-9-10-18-30(26)34-32(29)31/h1-21H/i1D,2D,3D,4D,5D,6D,12D,13D,14D,15D. The van der Waals surface area contributed by atoms with Gasteiger partial charge in [-0.1, -0.05) is 90.9 Å². The highest BCUT2D eigenvalue weighted by atomic mass is 16.3. The number of para-hydroxylation sites is 3. The number of benzene rings is 6. The van der Waals surface area contributed by atoms with Gasteiger partial charge in [-0.05, 0) is 52.5 Å². The van der Waals surface area contributed by atoms with Crippen LogP contribution in [0.3, 0.4) is 0 Å². The molecule has 7 rings (SSSR count). The maximum atomic E-state index is 8.91. The molecule has 1 aromatic heterocycles. The third-order valence-electron chi connectivity index (χ3n) is 6.01. The molecule has 0 radical (unpaired) electrons. The van der Waals surface area contributed by atoms with Gasteiger partial charge in [0.1, 0.15) is 5.58 Å². The van der Waals surface area contributed by atoms with E-state index in [9.17, 15) is 0 Å². The second kappa shape index (κ2) is 7.50. The van der Waals surface area contributed by atoms with Gasteiger partial charge in [0.2, 0.25) is 0 Å². The number of furan rings is 1. The van der Waals surface area contributed by atoms with E-state index in [1.165, 1.54) is 4.90 Å². The largest absolute Gasteiger partial charge is 0.454 e.